The van der Waals surface area contributed by atoms with Crippen LogP contribution >= 0.6 is 23.5 Å². The zero-order chi connectivity index (χ0) is 14.8. The molecule has 0 radical (unpaired) electrons. The Morgan fingerprint density at radius 1 is 1.33 bits per heavy atom. The second kappa shape index (κ2) is 6.63. The maximum absolute atomic E-state index is 10.7. The third-order valence-corrected chi connectivity index (χ3v) is 7.29. The van der Waals surface area contributed by atoms with Gasteiger partial charge in [-0.2, -0.15) is 28.6 Å². The van der Waals surface area contributed by atoms with Gasteiger partial charge in [0.05, 0.1) is 17.3 Å². The molecule has 3 atom stereocenters. The third kappa shape index (κ3) is 3.10. The summed E-state index contributed by atoms with van der Waals surface area (Å²) in [5.41, 5.74) is 2.20. The van der Waals surface area contributed by atoms with E-state index in [-0.39, 0.29) is 6.10 Å². The van der Waals surface area contributed by atoms with Crippen molar-refractivity contribution in [2.75, 3.05) is 11.5 Å². The molecule has 2 heterocycles. The number of aliphatic hydroxyl groups is 1. The zero-order valence-electron chi connectivity index (χ0n) is 12.5. The van der Waals surface area contributed by atoms with Gasteiger partial charge in [-0.05, 0) is 13.0 Å². The van der Waals surface area contributed by atoms with Gasteiger partial charge in [0.1, 0.15) is 0 Å². The molecule has 3 rings (SSSR count). The lowest BCUT2D eigenvalue weighted by atomic mass is 10.1. The van der Waals surface area contributed by atoms with E-state index in [4.69, 9.17) is 5.10 Å². The molecule has 21 heavy (non-hydrogen) atoms. The quantitative estimate of drug-likeness (QED) is 0.938. The van der Waals surface area contributed by atoms with Crippen LogP contribution in [0, 0.1) is 0 Å². The fraction of sp³-hybridized carbons (Fsp3) is 0.562. The van der Waals surface area contributed by atoms with Crippen LogP contribution in [0.5, 0.6) is 0 Å². The molecule has 0 bridgehead atoms. The van der Waals surface area contributed by atoms with Crippen molar-refractivity contribution in [2.45, 2.75) is 43.4 Å². The van der Waals surface area contributed by atoms with Crippen LogP contribution < -0.4 is 0 Å². The molecule has 1 fully saturated rings. The summed E-state index contributed by atoms with van der Waals surface area (Å²) in [6.07, 6.45) is 0.331. The molecular formula is C16H22N2OS2. The highest BCUT2D eigenvalue weighted by atomic mass is 32.2. The van der Waals surface area contributed by atoms with Crippen LogP contribution in [-0.4, -0.2) is 43.0 Å². The average Bonchev–Trinajstić information content (AvgIpc) is 2.86. The molecule has 1 aliphatic rings. The normalized spacial score (nSPS) is 24.3. The Balaban J connectivity index is 1.84. The number of aliphatic hydroxyl groups excluding tert-OH is 1. The van der Waals surface area contributed by atoms with Crippen LogP contribution in [0.25, 0.3) is 10.9 Å². The molecule has 2 aromatic rings. The van der Waals surface area contributed by atoms with Crippen LogP contribution in [0.15, 0.2) is 24.3 Å². The maximum Gasteiger partial charge on any atom is 0.0729 e. The van der Waals surface area contributed by atoms with E-state index >= 15 is 0 Å². The van der Waals surface area contributed by atoms with Gasteiger partial charge in [0, 0.05) is 40.4 Å². The van der Waals surface area contributed by atoms with Gasteiger partial charge in [-0.25, -0.2) is 0 Å². The van der Waals surface area contributed by atoms with E-state index in [1.807, 2.05) is 40.3 Å². The summed E-state index contributed by atoms with van der Waals surface area (Å²) < 4.78 is 2.03. The number of hydrogen-bond donors (Lipinski definition) is 1. The summed E-state index contributed by atoms with van der Waals surface area (Å²) in [6, 6.07) is 8.32. The zero-order valence-corrected chi connectivity index (χ0v) is 14.2. The molecule has 1 N–H and O–H groups in total. The Hall–Kier alpha value is -0.650. The van der Waals surface area contributed by atoms with Gasteiger partial charge in [-0.3, -0.25) is 4.68 Å². The molecule has 0 amide bonds. The van der Waals surface area contributed by atoms with Crippen molar-refractivity contribution in [1.82, 2.24) is 9.78 Å². The molecule has 0 spiro atoms. The summed E-state index contributed by atoms with van der Waals surface area (Å²) >= 11 is 3.88. The monoisotopic (exact) mass is 322 g/mol. The molecular weight excluding hydrogens is 300 g/mol. The first-order valence-electron chi connectivity index (χ1n) is 7.56. The lowest BCUT2D eigenvalue weighted by molar-refractivity contribution is 0.170. The number of aromatic nitrogens is 2. The van der Waals surface area contributed by atoms with Crippen molar-refractivity contribution in [3.05, 3.63) is 30.0 Å². The van der Waals surface area contributed by atoms with Gasteiger partial charge in [-0.1, -0.05) is 25.1 Å². The van der Waals surface area contributed by atoms with Crippen molar-refractivity contribution in [2.24, 2.45) is 0 Å². The number of rotatable bonds is 4. The van der Waals surface area contributed by atoms with E-state index in [1.54, 1.807) is 0 Å². The number of hydrogen-bond acceptors (Lipinski definition) is 4. The average molecular weight is 322 g/mol. The summed E-state index contributed by atoms with van der Waals surface area (Å²) in [5.74, 6) is 2.34. The highest BCUT2D eigenvalue weighted by Gasteiger charge is 2.30. The maximum atomic E-state index is 10.7. The molecule has 1 aromatic heterocycles. The molecule has 1 saturated heterocycles. The summed E-state index contributed by atoms with van der Waals surface area (Å²) in [5, 5.41) is 17.4. The number of aryl methyl sites for hydroxylation is 1. The molecule has 3 unspecified atom stereocenters. The Labute approximate surface area is 134 Å². The van der Waals surface area contributed by atoms with E-state index in [1.165, 1.54) is 16.7 Å². The van der Waals surface area contributed by atoms with E-state index in [2.05, 4.69) is 26.0 Å². The highest BCUT2D eigenvalue weighted by molar-refractivity contribution is 8.07. The van der Waals surface area contributed by atoms with Gasteiger partial charge in [0.25, 0.3) is 0 Å². The Bertz CT molecular complexity index is 613. The van der Waals surface area contributed by atoms with Crippen molar-refractivity contribution in [3.8, 4) is 0 Å². The van der Waals surface area contributed by atoms with Crippen molar-refractivity contribution >= 4 is 34.4 Å². The number of fused-ring (bicyclic) bond motifs is 1. The predicted octanol–water partition coefficient (Wildman–Crippen LogP) is 3.20. The Morgan fingerprint density at radius 3 is 2.86 bits per heavy atom. The standard InChI is InChI=1S/C16H22N2OS2/c1-3-18-14-7-5-4-6-12(14)13(17-18)10-15(19)16-11(2)20-8-9-21-16/h4-7,11,15-16,19H,3,8-10H2,1-2H3. The molecule has 1 aromatic carbocycles. The van der Waals surface area contributed by atoms with Gasteiger partial charge < -0.3 is 5.11 Å². The second-order valence-corrected chi connectivity index (χ2v) is 8.23. The number of thioether (sulfide) groups is 2. The summed E-state index contributed by atoms with van der Waals surface area (Å²) in [4.78, 5) is 0. The Kier molecular flexibility index (Phi) is 4.82. The Morgan fingerprint density at radius 2 is 2.10 bits per heavy atom. The summed E-state index contributed by atoms with van der Waals surface area (Å²) in [6.45, 7) is 5.20. The van der Waals surface area contributed by atoms with Crippen LogP contribution in [-0.2, 0) is 13.0 Å². The first-order valence-corrected chi connectivity index (χ1v) is 9.66. The summed E-state index contributed by atoms with van der Waals surface area (Å²) in [7, 11) is 0. The topological polar surface area (TPSA) is 38.0 Å². The second-order valence-electron chi connectivity index (χ2n) is 5.46. The van der Waals surface area contributed by atoms with Crippen LogP contribution in [0.4, 0.5) is 0 Å². The molecule has 1 aliphatic heterocycles. The van der Waals surface area contributed by atoms with Gasteiger partial charge >= 0.3 is 0 Å². The van der Waals surface area contributed by atoms with Gasteiger partial charge in [0.2, 0.25) is 0 Å². The molecule has 0 aliphatic carbocycles. The first kappa shape index (κ1) is 15.3. The van der Waals surface area contributed by atoms with Crippen LogP contribution in [0.3, 0.4) is 0 Å². The molecule has 0 saturated carbocycles. The third-order valence-electron chi connectivity index (χ3n) is 4.05. The fourth-order valence-electron chi connectivity index (χ4n) is 2.97. The van der Waals surface area contributed by atoms with Gasteiger partial charge in [-0.15, -0.1) is 0 Å². The van der Waals surface area contributed by atoms with Crippen LogP contribution in [0.1, 0.15) is 19.5 Å². The van der Waals surface area contributed by atoms with E-state index in [9.17, 15) is 5.11 Å². The number of benzene rings is 1. The van der Waals surface area contributed by atoms with E-state index in [0.29, 0.717) is 16.9 Å². The van der Waals surface area contributed by atoms with Gasteiger partial charge in [0.15, 0.2) is 0 Å². The SMILES string of the molecule is CCn1nc(CC(O)C2SCCSC2C)c2ccccc21. The van der Waals surface area contributed by atoms with Crippen molar-refractivity contribution < 1.29 is 5.11 Å². The predicted molar refractivity (Wildman–Crippen MR) is 93.3 cm³/mol. The minimum atomic E-state index is -0.318. The minimum absolute atomic E-state index is 0.314. The van der Waals surface area contributed by atoms with Crippen molar-refractivity contribution in [1.29, 1.82) is 0 Å². The molecule has 114 valence electrons. The van der Waals surface area contributed by atoms with Crippen molar-refractivity contribution in [3.63, 3.8) is 0 Å². The van der Waals surface area contributed by atoms with E-state index in [0.717, 1.165) is 18.0 Å². The minimum Gasteiger partial charge on any atom is -0.392 e. The lowest BCUT2D eigenvalue weighted by Gasteiger charge is -2.31. The first-order chi connectivity index (χ1) is 10.2. The molecule has 5 heteroatoms. The largest absolute Gasteiger partial charge is 0.392 e. The number of nitrogens with zero attached hydrogens (tertiary/aromatic N) is 2. The van der Waals surface area contributed by atoms with E-state index < -0.39 is 0 Å². The number of para-hydroxylation sites is 1. The fourth-order valence-corrected chi connectivity index (χ4v) is 5.82. The smallest absolute Gasteiger partial charge is 0.0729 e. The highest BCUT2D eigenvalue weighted by Crippen LogP contribution is 2.34. The molecule has 3 nitrogen and oxygen atoms in total. The lowest BCUT2D eigenvalue weighted by Crippen LogP contribution is -2.36. The van der Waals surface area contributed by atoms with Crippen LogP contribution in [0.2, 0.25) is 0 Å².